The van der Waals surface area contributed by atoms with E-state index in [4.69, 9.17) is 14.2 Å². The van der Waals surface area contributed by atoms with Crippen LogP contribution in [0.15, 0.2) is 24.8 Å². The van der Waals surface area contributed by atoms with E-state index in [9.17, 15) is 8.78 Å². The summed E-state index contributed by atoms with van der Waals surface area (Å²) in [6, 6.07) is 3.21. The van der Waals surface area contributed by atoms with Gasteiger partial charge in [-0.05, 0) is 75.3 Å². The molecule has 0 spiro atoms. The molecule has 0 N–H and O–H groups in total. The molecule has 1 aromatic carbocycles. The fourth-order valence-electron chi connectivity index (χ4n) is 4.33. The first-order valence-corrected chi connectivity index (χ1v) is 10.6. The van der Waals surface area contributed by atoms with Crippen molar-refractivity contribution in [3.63, 3.8) is 0 Å². The van der Waals surface area contributed by atoms with Crippen LogP contribution in [0.25, 0.3) is 0 Å². The van der Waals surface area contributed by atoms with E-state index in [1.54, 1.807) is 19.1 Å². The number of ether oxygens (including phenoxy) is 3. The fraction of sp³-hybridized carbons (Fsp3) is 0.652. The smallest absolute Gasteiger partial charge is 0.200 e. The lowest BCUT2D eigenvalue weighted by Crippen LogP contribution is -2.32. The Morgan fingerprint density at radius 3 is 2.54 bits per heavy atom. The molecule has 28 heavy (non-hydrogen) atoms. The molecule has 1 saturated carbocycles. The first-order valence-electron chi connectivity index (χ1n) is 10.6. The Labute approximate surface area is 167 Å². The van der Waals surface area contributed by atoms with Gasteiger partial charge in [0.25, 0.3) is 0 Å². The number of benzene rings is 1. The highest BCUT2D eigenvalue weighted by atomic mass is 19.2. The van der Waals surface area contributed by atoms with Gasteiger partial charge in [-0.2, -0.15) is 4.39 Å². The second-order valence-corrected chi connectivity index (χ2v) is 7.94. The number of hydrogen-bond acceptors (Lipinski definition) is 3. The summed E-state index contributed by atoms with van der Waals surface area (Å²) in [4.78, 5) is 0. The molecule has 0 bridgehead atoms. The Kier molecular flexibility index (Phi) is 7.86. The van der Waals surface area contributed by atoms with Gasteiger partial charge in [-0.15, -0.1) is 6.58 Å². The van der Waals surface area contributed by atoms with Crippen molar-refractivity contribution in [2.75, 3.05) is 19.8 Å². The normalized spacial score (nSPS) is 28.1. The summed E-state index contributed by atoms with van der Waals surface area (Å²) >= 11 is 0. The van der Waals surface area contributed by atoms with Gasteiger partial charge < -0.3 is 14.2 Å². The van der Waals surface area contributed by atoms with Crippen LogP contribution in [0.2, 0.25) is 0 Å². The number of rotatable bonds is 8. The van der Waals surface area contributed by atoms with E-state index >= 15 is 0 Å². The molecule has 0 amide bonds. The van der Waals surface area contributed by atoms with Crippen molar-refractivity contribution in [2.45, 2.75) is 70.0 Å². The lowest BCUT2D eigenvalue weighted by Gasteiger charge is -2.32. The Balaban J connectivity index is 1.44. The molecule has 1 aliphatic heterocycles. The molecule has 2 atom stereocenters. The van der Waals surface area contributed by atoms with Crippen molar-refractivity contribution in [2.24, 2.45) is 5.92 Å². The molecule has 0 radical (unpaired) electrons. The number of hydrogen-bond donors (Lipinski definition) is 0. The first kappa shape index (κ1) is 21.3. The molecule has 156 valence electrons. The molecular formula is C23H32F2O3. The van der Waals surface area contributed by atoms with Gasteiger partial charge in [0, 0.05) is 0 Å². The van der Waals surface area contributed by atoms with E-state index in [1.165, 1.54) is 0 Å². The summed E-state index contributed by atoms with van der Waals surface area (Å²) in [5.41, 5.74) is 0.461. The molecule has 1 aliphatic carbocycles. The van der Waals surface area contributed by atoms with Crippen LogP contribution in [-0.4, -0.2) is 32.0 Å². The maximum absolute atomic E-state index is 14.4. The van der Waals surface area contributed by atoms with Crippen LogP contribution in [0.3, 0.4) is 0 Å². The molecule has 3 nitrogen and oxygen atoms in total. The maximum atomic E-state index is 14.4. The van der Waals surface area contributed by atoms with E-state index in [1.807, 2.05) is 6.08 Å². The Bertz CT molecular complexity index is 633. The van der Waals surface area contributed by atoms with Crippen LogP contribution in [0, 0.1) is 17.6 Å². The third kappa shape index (κ3) is 5.32. The Morgan fingerprint density at radius 1 is 1.11 bits per heavy atom. The predicted octanol–water partition coefficient (Wildman–Crippen LogP) is 5.78. The minimum Gasteiger partial charge on any atom is -0.491 e. The third-order valence-electron chi connectivity index (χ3n) is 5.97. The van der Waals surface area contributed by atoms with E-state index in [2.05, 4.69) is 6.58 Å². The van der Waals surface area contributed by atoms with Crippen molar-refractivity contribution < 1.29 is 23.0 Å². The highest BCUT2D eigenvalue weighted by molar-refractivity contribution is 5.33. The minimum absolute atomic E-state index is 0.0106. The van der Waals surface area contributed by atoms with Crippen molar-refractivity contribution in [1.82, 2.24) is 0 Å². The molecular weight excluding hydrogens is 362 g/mol. The van der Waals surface area contributed by atoms with Gasteiger partial charge in [-0.3, -0.25) is 0 Å². The van der Waals surface area contributed by atoms with E-state index in [0.717, 1.165) is 51.6 Å². The molecule has 0 aromatic heterocycles. The largest absolute Gasteiger partial charge is 0.491 e. The zero-order valence-corrected chi connectivity index (χ0v) is 16.8. The van der Waals surface area contributed by atoms with Crippen molar-refractivity contribution in [3.8, 4) is 5.75 Å². The summed E-state index contributed by atoms with van der Waals surface area (Å²) in [7, 11) is 0. The second kappa shape index (κ2) is 10.4. The van der Waals surface area contributed by atoms with Crippen LogP contribution in [-0.2, 0) is 9.47 Å². The second-order valence-electron chi connectivity index (χ2n) is 7.94. The summed E-state index contributed by atoms with van der Waals surface area (Å²) in [6.07, 6.45) is 8.87. The molecule has 2 fully saturated rings. The summed E-state index contributed by atoms with van der Waals surface area (Å²) in [5.74, 6) is -1.02. The molecule has 1 heterocycles. The standard InChI is InChI=1S/C23H32F2O3/c1-3-5-16-6-9-19(27-14-16)15-28-18-10-7-17(8-11-18)20-12-13-21(26-4-2)23(25)22(20)24/h3,12-13,16-19H,1,4-11,14-15H2,2H3. The fourth-order valence-corrected chi connectivity index (χ4v) is 4.33. The van der Waals surface area contributed by atoms with Gasteiger partial charge in [0.05, 0.1) is 32.0 Å². The summed E-state index contributed by atoms with van der Waals surface area (Å²) in [6.45, 7) is 7.28. The van der Waals surface area contributed by atoms with Gasteiger partial charge in [-0.1, -0.05) is 12.1 Å². The van der Waals surface area contributed by atoms with Gasteiger partial charge >= 0.3 is 0 Å². The highest BCUT2D eigenvalue weighted by Gasteiger charge is 2.28. The summed E-state index contributed by atoms with van der Waals surface area (Å²) < 4.78 is 45.7. The minimum atomic E-state index is -0.873. The van der Waals surface area contributed by atoms with Crippen LogP contribution >= 0.6 is 0 Å². The zero-order valence-electron chi connectivity index (χ0n) is 16.8. The van der Waals surface area contributed by atoms with E-state index < -0.39 is 11.6 Å². The SMILES string of the molecule is C=CCC1CCC(COC2CCC(c3ccc(OCC)c(F)c3F)CC2)OC1. The van der Waals surface area contributed by atoms with Gasteiger partial charge in [-0.25, -0.2) is 4.39 Å². The van der Waals surface area contributed by atoms with Crippen molar-refractivity contribution in [3.05, 3.63) is 42.0 Å². The first-order chi connectivity index (χ1) is 13.6. The van der Waals surface area contributed by atoms with Crippen LogP contribution in [0.4, 0.5) is 8.78 Å². The monoisotopic (exact) mass is 394 g/mol. The van der Waals surface area contributed by atoms with E-state index in [0.29, 0.717) is 24.7 Å². The Hall–Kier alpha value is -1.46. The van der Waals surface area contributed by atoms with Crippen LogP contribution < -0.4 is 4.74 Å². The number of allylic oxidation sites excluding steroid dienone is 1. The lowest BCUT2D eigenvalue weighted by molar-refractivity contribution is -0.0844. The molecule has 1 saturated heterocycles. The van der Waals surface area contributed by atoms with Gasteiger partial charge in [0.2, 0.25) is 5.82 Å². The molecule has 1 aromatic rings. The summed E-state index contributed by atoms with van der Waals surface area (Å²) in [5, 5.41) is 0. The average Bonchev–Trinajstić information content (AvgIpc) is 2.72. The quantitative estimate of drug-likeness (QED) is 0.523. The highest BCUT2D eigenvalue weighted by Crippen LogP contribution is 2.37. The topological polar surface area (TPSA) is 27.7 Å². The zero-order chi connectivity index (χ0) is 19.9. The lowest BCUT2D eigenvalue weighted by atomic mass is 9.82. The van der Waals surface area contributed by atoms with E-state index in [-0.39, 0.29) is 23.9 Å². The Morgan fingerprint density at radius 2 is 1.89 bits per heavy atom. The van der Waals surface area contributed by atoms with Crippen LogP contribution in [0.1, 0.15) is 63.4 Å². The van der Waals surface area contributed by atoms with Crippen molar-refractivity contribution in [1.29, 1.82) is 0 Å². The van der Waals surface area contributed by atoms with Crippen molar-refractivity contribution >= 4 is 0 Å². The molecule has 2 unspecified atom stereocenters. The van der Waals surface area contributed by atoms with Gasteiger partial charge in [0.1, 0.15) is 0 Å². The van der Waals surface area contributed by atoms with Crippen LogP contribution in [0.5, 0.6) is 5.75 Å². The molecule has 5 heteroatoms. The number of halogens is 2. The molecule has 2 aliphatic rings. The average molecular weight is 395 g/mol. The maximum Gasteiger partial charge on any atom is 0.200 e. The third-order valence-corrected chi connectivity index (χ3v) is 5.97. The van der Waals surface area contributed by atoms with Gasteiger partial charge in [0.15, 0.2) is 11.6 Å². The predicted molar refractivity (Wildman–Crippen MR) is 106 cm³/mol. The molecule has 3 rings (SSSR count).